The highest BCUT2D eigenvalue weighted by Gasteiger charge is 2.27. The summed E-state index contributed by atoms with van der Waals surface area (Å²) in [5.74, 6) is -0.295. The number of hydrogen-bond acceptors (Lipinski definition) is 5. The fraction of sp³-hybridized carbons (Fsp3) is 0.240. The van der Waals surface area contributed by atoms with Gasteiger partial charge in [-0.15, -0.1) is 11.8 Å². The summed E-state index contributed by atoms with van der Waals surface area (Å²) in [6.45, 7) is -0.0925. The number of carbonyl (C=O) groups is 1. The van der Waals surface area contributed by atoms with Gasteiger partial charge in [0.1, 0.15) is 18.1 Å². The number of halogens is 1. The second-order valence-corrected chi connectivity index (χ2v) is 10.2. The van der Waals surface area contributed by atoms with Crippen LogP contribution in [0.1, 0.15) is 12.0 Å². The minimum absolute atomic E-state index is 0.0281. The van der Waals surface area contributed by atoms with Crippen LogP contribution in [0, 0.1) is 5.82 Å². The van der Waals surface area contributed by atoms with E-state index in [0.29, 0.717) is 13.0 Å². The van der Waals surface area contributed by atoms with Crippen molar-refractivity contribution in [1.29, 1.82) is 0 Å². The Morgan fingerprint density at radius 1 is 1.06 bits per heavy atom. The third kappa shape index (κ3) is 6.74. The maximum Gasteiger partial charge on any atom is 0.264 e. The predicted octanol–water partition coefficient (Wildman–Crippen LogP) is 4.50. The Balaban J connectivity index is 1.70. The van der Waals surface area contributed by atoms with E-state index in [1.807, 2.05) is 30.5 Å². The number of carbonyl (C=O) groups excluding carboxylic acids is 1. The van der Waals surface area contributed by atoms with Gasteiger partial charge in [0.05, 0.1) is 17.7 Å². The summed E-state index contributed by atoms with van der Waals surface area (Å²) in [4.78, 5) is 13.6. The lowest BCUT2D eigenvalue weighted by molar-refractivity contribution is -0.119. The van der Waals surface area contributed by atoms with Gasteiger partial charge in [-0.1, -0.05) is 18.2 Å². The molecule has 3 aromatic rings. The van der Waals surface area contributed by atoms with E-state index in [1.54, 1.807) is 19.2 Å². The zero-order chi connectivity index (χ0) is 24.6. The molecule has 0 aromatic heterocycles. The molecule has 0 saturated carbocycles. The van der Waals surface area contributed by atoms with Gasteiger partial charge in [0, 0.05) is 11.4 Å². The van der Waals surface area contributed by atoms with Crippen LogP contribution < -0.4 is 14.4 Å². The lowest BCUT2D eigenvalue weighted by atomic mass is 10.1. The van der Waals surface area contributed by atoms with Gasteiger partial charge in [-0.2, -0.15) is 0 Å². The van der Waals surface area contributed by atoms with Gasteiger partial charge in [0.2, 0.25) is 5.91 Å². The summed E-state index contributed by atoms with van der Waals surface area (Å²) in [6, 6.07) is 19.2. The number of rotatable bonds is 11. The van der Waals surface area contributed by atoms with Crippen LogP contribution in [0.5, 0.6) is 5.75 Å². The van der Waals surface area contributed by atoms with Gasteiger partial charge >= 0.3 is 0 Å². The SMILES string of the molecule is COc1cccc(CCCNC(=O)CN(c2cccc(F)c2)S(=O)(=O)c2ccc(SC)cc2)c1. The van der Waals surface area contributed by atoms with Gasteiger partial charge in [-0.25, -0.2) is 12.8 Å². The second-order valence-electron chi connectivity index (χ2n) is 7.47. The Morgan fingerprint density at radius 3 is 2.47 bits per heavy atom. The topological polar surface area (TPSA) is 75.7 Å². The fourth-order valence-corrected chi connectivity index (χ4v) is 5.18. The molecule has 0 heterocycles. The van der Waals surface area contributed by atoms with Crippen LogP contribution in [-0.4, -0.2) is 40.8 Å². The van der Waals surface area contributed by atoms with Crippen molar-refractivity contribution in [3.05, 3.63) is 84.2 Å². The quantitative estimate of drug-likeness (QED) is 0.309. The Morgan fingerprint density at radius 2 is 1.79 bits per heavy atom. The van der Waals surface area contributed by atoms with Gasteiger partial charge in [0.15, 0.2) is 0 Å². The van der Waals surface area contributed by atoms with E-state index in [0.717, 1.165) is 33.0 Å². The van der Waals surface area contributed by atoms with E-state index in [4.69, 9.17) is 4.74 Å². The third-order valence-corrected chi connectivity index (χ3v) is 7.66. The minimum Gasteiger partial charge on any atom is -0.497 e. The number of methoxy groups -OCH3 is 1. The van der Waals surface area contributed by atoms with Gasteiger partial charge < -0.3 is 10.1 Å². The molecule has 0 unspecified atom stereocenters. The van der Waals surface area contributed by atoms with Crippen LogP contribution in [0.4, 0.5) is 10.1 Å². The van der Waals surface area contributed by atoms with Crippen LogP contribution in [0.25, 0.3) is 0 Å². The molecule has 0 saturated heterocycles. The first-order valence-corrected chi connectivity index (χ1v) is 13.3. The van der Waals surface area contributed by atoms with Crippen molar-refractivity contribution in [2.75, 3.05) is 30.8 Å². The largest absolute Gasteiger partial charge is 0.497 e. The first-order chi connectivity index (χ1) is 16.3. The van der Waals surface area contributed by atoms with Crippen molar-refractivity contribution in [3.63, 3.8) is 0 Å². The molecule has 3 rings (SSSR count). The zero-order valence-corrected chi connectivity index (χ0v) is 20.7. The molecule has 0 atom stereocenters. The first kappa shape index (κ1) is 25.6. The number of nitrogens with one attached hydrogen (secondary N) is 1. The molecular formula is C25H27FN2O4S2. The molecule has 0 aliphatic carbocycles. The van der Waals surface area contributed by atoms with Crippen LogP contribution in [-0.2, 0) is 21.2 Å². The van der Waals surface area contributed by atoms with Crippen molar-refractivity contribution in [3.8, 4) is 5.75 Å². The second kappa shape index (κ2) is 11.9. The average Bonchev–Trinajstić information content (AvgIpc) is 2.85. The predicted molar refractivity (Wildman–Crippen MR) is 133 cm³/mol. The van der Waals surface area contributed by atoms with Crippen LogP contribution in [0.2, 0.25) is 0 Å². The van der Waals surface area contributed by atoms with Crippen LogP contribution in [0.15, 0.2) is 82.6 Å². The van der Waals surface area contributed by atoms with Crippen LogP contribution >= 0.6 is 11.8 Å². The molecule has 0 radical (unpaired) electrons. The summed E-state index contributed by atoms with van der Waals surface area (Å²) < 4.78 is 46.7. The van der Waals surface area contributed by atoms with Crippen LogP contribution in [0.3, 0.4) is 0 Å². The molecule has 6 nitrogen and oxygen atoms in total. The molecule has 0 aliphatic rings. The molecule has 0 bridgehead atoms. The number of sulfonamides is 1. The van der Waals surface area contributed by atoms with E-state index < -0.39 is 28.3 Å². The van der Waals surface area contributed by atoms with Crippen molar-refractivity contribution in [1.82, 2.24) is 5.32 Å². The number of nitrogens with zero attached hydrogens (tertiary/aromatic N) is 1. The van der Waals surface area contributed by atoms with E-state index in [2.05, 4.69) is 5.32 Å². The van der Waals surface area contributed by atoms with E-state index in [-0.39, 0.29) is 10.6 Å². The summed E-state index contributed by atoms with van der Waals surface area (Å²) in [6.07, 6.45) is 3.29. The first-order valence-electron chi connectivity index (χ1n) is 10.7. The Bertz CT molecular complexity index is 1220. The molecular weight excluding hydrogens is 475 g/mol. The number of thioether (sulfide) groups is 1. The molecule has 9 heteroatoms. The van der Waals surface area contributed by atoms with Gasteiger partial charge in [-0.3, -0.25) is 9.10 Å². The average molecular weight is 503 g/mol. The number of benzene rings is 3. The summed E-state index contributed by atoms with van der Waals surface area (Å²) in [7, 11) is -2.48. The van der Waals surface area contributed by atoms with Crippen molar-refractivity contribution in [2.45, 2.75) is 22.6 Å². The molecule has 180 valence electrons. The van der Waals surface area contributed by atoms with E-state index >= 15 is 0 Å². The van der Waals surface area contributed by atoms with E-state index in [9.17, 15) is 17.6 Å². The molecule has 1 amide bonds. The molecule has 3 aromatic carbocycles. The highest BCUT2D eigenvalue weighted by Crippen LogP contribution is 2.26. The standard InChI is InChI=1S/C25H27FN2O4S2/c1-32-22-10-3-6-19(16-22)7-5-15-27-25(29)18-28(21-9-4-8-20(26)17-21)34(30,31)24-13-11-23(33-2)12-14-24/h3-4,6,8-14,16-17H,5,7,15,18H2,1-2H3,(H,27,29). The molecule has 0 aliphatic heterocycles. The Hall–Kier alpha value is -3.04. The zero-order valence-electron chi connectivity index (χ0n) is 19.0. The number of ether oxygens (including phenoxy) is 1. The maximum absolute atomic E-state index is 13.9. The Kier molecular flexibility index (Phi) is 8.95. The van der Waals surface area contributed by atoms with Crippen molar-refractivity contribution in [2.24, 2.45) is 0 Å². The van der Waals surface area contributed by atoms with Crippen molar-refractivity contribution >= 4 is 33.4 Å². The minimum atomic E-state index is -4.09. The third-order valence-electron chi connectivity index (χ3n) is 5.13. The van der Waals surface area contributed by atoms with E-state index in [1.165, 1.54) is 42.1 Å². The number of amides is 1. The highest BCUT2D eigenvalue weighted by atomic mass is 32.2. The summed E-state index contributed by atoms with van der Waals surface area (Å²) in [5.41, 5.74) is 1.16. The lowest BCUT2D eigenvalue weighted by Crippen LogP contribution is -2.41. The molecule has 0 fully saturated rings. The van der Waals surface area contributed by atoms with Crippen molar-refractivity contribution < 1.29 is 22.3 Å². The van der Waals surface area contributed by atoms with Gasteiger partial charge in [-0.05, 0) is 79.3 Å². The number of anilines is 1. The normalized spacial score (nSPS) is 11.1. The summed E-state index contributed by atoms with van der Waals surface area (Å²) in [5, 5.41) is 2.76. The smallest absolute Gasteiger partial charge is 0.264 e. The Labute approximate surface area is 204 Å². The molecule has 34 heavy (non-hydrogen) atoms. The molecule has 1 N–H and O–H groups in total. The lowest BCUT2D eigenvalue weighted by Gasteiger charge is -2.24. The number of aryl methyl sites for hydroxylation is 1. The van der Waals surface area contributed by atoms with Gasteiger partial charge in [0.25, 0.3) is 10.0 Å². The fourth-order valence-electron chi connectivity index (χ4n) is 3.36. The highest BCUT2D eigenvalue weighted by molar-refractivity contribution is 7.98. The maximum atomic E-state index is 13.9. The monoisotopic (exact) mass is 502 g/mol. The molecule has 0 spiro atoms. The summed E-state index contributed by atoms with van der Waals surface area (Å²) >= 11 is 1.49. The number of hydrogen-bond donors (Lipinski definition) is 1.